The number of methoxy groups -OCH3 is 2. The van der Waals surface area contributed by atoms with E-state index in [4.69, 9.17) is 9.47 Å². The van der Waals surface area contributed by atoms with E-state index in [1.54, 1.807) is 30.3 Å². The van der Waals surface area contributed by atoms with Gasteiger partial charge in [0.05, 0.1) is 42.6 Å². The van der Waals surface area contributed by atoms with Crippen LogP contribution in [0.1, 0.15) is 53.3 Å². The van der Waals surface area contributed by atoms with E-state index in [0.29, 0.717) is 40.5 Å². The zero-order valence-electron chi connectivity index (χ0n) is 20.9. The van der Waals surface area contributed by atoms with E-state index in [9.17, 15) is 14.4 Å². The van der Waals surface area contributed by atoms with Crippen molar-refractivity contribution in [2.75, 3.05) is 50.7 Å². The van der Waals surface area contributed by atoms with Gasteiger partial charge >= 0.3 is 0 Å². The summed E-state index contributed by atoms with van der Waals surface area (Å²) in [6.45, 7) is 4.13. The molecule has 0 aromatic heterocycles. The fraction of sp³-hybridized carbons (Fsp3) is 0.444. The minimum atomic E-state index is -0.374. The predicted molar refractivity (Wildman–Crippen MR) is 135 cm³/mol. The maximum atomic E-state index is 13.6. The summed E-state index contributed by atoms with van der Waals surface area (Å²) in [6, 6.07) is 10.3. The Morgan fingerprint density at radius 2 is 1.86 bits per heavy atom. The molecule has 1 fully saturated rings. The standard InChI is InChI=1S/C27H33N3O5/c1-5-6-14-28(2)25(31)18-9-8-15-29(17-18)21-11-7-10-20-24(21)27(33)30(26(20)32)19-12-13-22(34-3)23(16-19)35-4/h7,10-13,16,18H,5-6,8-9,14-15,17H2,1-4H3. The van der Waals surface area contributed by atoms with Gasteiger partial charge in [0.25, 0.3) is 11.8 Å². The van der Waals surface area contributed by atoms with Crippen LogP contribution in [0.25, 0.3) is 0 Å². The molecule has 1 unspecified atom stereocenters. The molecule has 2 heterocycles. The normalized spacial score (nSPS) is 17.4. The van der Waals surface area contributed by atoms with Crippen LogP contribution >= 0.6 is 0 Å². The second kappa shape index (κ2) is 10.4. The van der Waals surface area contributed by atoms with Crippen LogP contribution in [-0.2, 0) is 4.79 Å². The van der Waals surface area contributed by atoms with Crippen LogP contribution in [-0.4, -0.2) is 63.5 Å². The van der Waals surface area contributed by atoms with Crippen LogP contribution in [0.5, 0.6) is 11.5 Å². The Morgan fingerprint density at radius 1 is 1.09 bits per heavy atom. The lowest BCUT2D eigenvalue weighted by atomic mass is 9.95. The topological polar surface area (TPSA) is 79.4 Å². The Morgan fingerprint density at radius 3 is 2.57 bits per heavy atom. The molecule has 0 spiro atoms. The highest BCUT2D eigenvalue weighted by atomic mass is 16.5. The van der Waals surface area contributed by atoms with Gasteiger partial charge < -0.3 is 19.3 Å². The minimum absolute atomic E-state index is 0.129. The van der Waals surface area contributed by atoms with Crippen molar-refractivity contribution in [3.8, 4) is 11.5 Å². The highest BCUT2D eigenvalue weighted by Gasteiger charge is 2.40. The molecule has 2 aliphatic rings. The molecule has 1 saturated heterocycles. The quantitative estimate of drug-likeness (QED) is 0.533. The number of fused-ring (bicyclic) bond motifs is 1. The van der Waals surface area contributed by atoms with Gasteiger partial charge in [-0.15, -0.1) is 0 Å². The molecule has 2 aromatic carbocycles. The molecule has 186 valence electrons. The Bertz CT molecular complexity index is 1130. The number of carbonyl (C=O) groups excluding carboxylic acids is 3. The maximum absolute atomic E-state index is 13.6. The fourth-order valence-corrected chi connectivity index (χ4v) is 4.94. The highest BCUT2D eigenvalue weighted by molar-refractivity contribution is 6.36. The SMILES string of the molecule is CCCCN(C)C(=O)C1CCCN(c2cccc3c2C(=O)N(c2ccc(OC)c(OC)c2)C3=O)C1. The first kappa shape index (κ1) is 24.6. The van der Waals surface area contributed by atoms with Gasteiger partial charge in [-0.3, -0.25) is 14.4 Å². The minimum Gasteiger partial charge on any atom is -0.493 e. The number of rotatable bonds is 8. The third-order valence-electron chi connectivity index (χ3n) is 6.85. The second-order valence-electron chi connectivity index (χ2n) is 9.08. The lowest BCUT2D eigenvalue weighted by molar-refractivity contribution is -0.134. The van der Waals surface area contributed by atoms with E-state index in [0.717, 1.165) is 38.8 Å². The summed E-state index contributed by atoms with van der Waals surface area (Å²) in [5, 5.41) is 0. The molecule has 0 radical (unpaired) electrons. The van der Waals surface area contributed by atoms with E-state index in [1.165, 1.54) is 19.1 Å². The molecule has 0 bridgehead atoms. The number of carbonyl (C=O) groups is 3. The lowest BCUT2D eigenvalue weighted by Crippen LogP contribution is -2.44. The van der Waals surface area contributed by atoms with Crippen LogP contribution in [0.4, 0.5) is 11.4 Å². The first-order chi connectivity index (χ1) is 16.9. The molecule has 0 aliphatic carbocycles. The van der Waals surface area contributed by atoms with Gasteiger partial charge in [-0.25, -0.2) is 4.90 Å². The maximum Gasteiger partial charge on any atom is 0.268 e. The molecule has 3 amide bonds. The summed E-state index contributed by atoms with van der Waals surface area (Å²) in [4.78, 5) is 45.0. The lowest BCUT2D eigenvalue weighted by Gasteiger charge is -2.36. The monoisotopic (exact) mass is 479 g/mol. The Labute approximate surface area is 206 Å². The van der Waals surface area contributed by atoms with Gasteiger partial charge in [0.15, 0.2) is 11.5 Å². The number of unbranched alkanes of at least 4 members (excludes halogenated alkanes) is 1. The smallest absolute Gasteiger partial charge is 0.268 e. The van der Waals surface area contributed by atoms with E-state index in [-0.39, 0.29) is 23.6 Å². The number of anilines is 2. The van der Waals surface area contributed by atoms with Crippen molar-refractivity contribution in [1.29, 1.82) is 0 Å². The van der Waals surface area contributed by atoms with Crippen molar-refractivity contribution < 1.29 is 23.9 Å². The van der Waals surface area contributed by atoms with Crippen molar-refractivity contribution in [3.63, 3.8) is 0 Å². The number of nitrogens with zero attached hydrogens (tertiary/aromatic N) is 3. The number of piperidine rings is 1. The molecule has 2 aromatic rings. The molecule has 0 saturated carbocycles. The van der Waals surface area contributed by atoms with Crippen LogP contribution in [0, 0.1) is 5.92 Å². The van der Waals surface area contributed by atoms with Gasteiger partial charge in [0.2, 0.25) is 5.91 Å². The van der Waals surface area contributed by atoms with Crippen molar-refractivity contribution in [2.45, 2.75) is 32.6 Å². The van der Waals surface area contributed by atoms with E-state index in [2.05, 4.69) is 11.8 Å². The van der Waals surface area contributed by atoms with Gasteiger partial charge in [-0.05, 0) is 43.5 Å². The molecular weight excluding hydrogens is 446 g/mol. The summed E-state index contributed by atoms with van der Waals surface area (Å²) in [7, 11) is 4.90. The molecule has 4 rings (SSSR count). The molecule has 2 aliphatic heterocycles. The largest absolute Gasteiger partial charge is 0.493 e. The summed E-state index contributed by atoms with van der Waals surface area (Å²) in [5.74, 6) is 0.220. The molecule has 35 heavy (non-hydrogen) atoms. The molecule has 8 nitrogen and oxygen atoms in total. The van der Waals surface area contributed by atoms with Crippen LogP contribution in [0.15, 0.2) is 36.4 Å². The van der Waals surface area contributed by atoms with Gasteiger partial charge in [-0.2, -0.15) is 0 Å². The summed E-state index contributed by atoms with van der Waals surface area (Å²) < 4.78 is 10.6. The zero-order chi connectivity index (χ0) is 25.1. The summed E-state index contributed by atoms with van der Waals surface area (Å²) in [5.41, 5.74) is 1.89. The van der Waals surface area contributed by atoms with Crippen molar-refractivity contribution in [1.82, 2.24) is 4.90 Å². The first-order valence-corrected chi connectivity index (χ1v) is 12.1. The highest BCUT2D eigenvalue weighted by Crippen LogP contribution is 2.39. The Kier molecular flexibility index (Phi) is 7.28. The molecule has 1 atom stereocenters. The van der Waals surface area contributed by atoms with Crippen molar-refractivity contribution >= 4 is 29.1 Å². The number of hydrogen-bond donors (Lipinski definition) is 0. The molecule has 0 N–H and O–H groups in total. The third kappa shape index (κ3) is 4.57. The van der Waals surface area contributed by atoms with E-state index in [1.807, 2.05) is 18.0 Å². The Balaban J connectivity index is 1.61. The number of benzene rings is 2. The summed E-state index contributed by atoms with van der Waals surface area (Å²) in [6.07, 6.45) is 3.69. The molecular formula is C27H33N3O5. The van der Waals surface area contributed by atoms with Crippen LogP contribution in [0.3, 0.4) is 0 Å². The summed E-state index contributed by atoms with van der Waals surface area (Å²) >= 11 is 0. The zero-order valence-corrected chi connectivity index (χ0v) is 20.9. The number of amides is 3. The average molecular weight is 480 g/mol. The predicted octanol–water partition coefficient (Wildman–Crippen LogP) is 3.98. The fourth-order valence-electron chi connectivity index (χ4n) is 4.94. The third-order valence-corrected chi connectivity index (χ3v) is 6.85. The number of hydrogen-bond acceptors (Lipinski definition) is 6. The van der Waals surface area contributed by atoms with Gasteiger partial charge in [0.1, 0.15) is 0 Å². The van der Waals surface area contributed by atoms with E-state index < -0.39 is 0 Å². The number of ether oxygens (including phenoxy) is 2. The van der Waals surface area contributed by atoms with Crippen LogP contribution < -0.4 is 19.3 Å². The first-order valence-electron chi connectivity index (χ1n) is 12.1. The number of imide groups is 1. The Hall–Kier alpha value is -3.55. The van der Waals surface area contributed by atoms with Crippen molar-refractivity contribution in [2.24, 2.45) is 5.92 Å². The van der Waals surface area contributed by atoms with Crippen molar-refractivity contribution in [3.05, 3.63) is 47.5 Å². The molecule has 8 heteroatoms. The van der Waals surface area contributed by atoms with Gasteiger partial charge in [-0.1, -0.05) is 19.4 Å². The average Bonchev–Trinajstić information content (AvgIpc) is 3.16. The second-order valence-corrected chi connectivity index (χ2v) is 9.08. The van der Waals surface area contributed by atoms with E-state index >= 15 is 0 Å². The van der Waals surface area contributed by atoms with Crippen LogP contribution in [0.2, 0.25) is 0 Å². The van der Waals surface area contributed by atoms with Gasteiger partial charge in [0, 0.05) is 32.7 Å².